The number of aryl methyl sites for hydroxylation is 3. The molecule has 104 valence electrons. The summed E-state index contributed by atoms with van der Waals surface area (Å²) in [7, 11) is 0. The standard InChI is InChI=1S/C18H17N3/c1-4-21-17-8-7-14(11-19)10-16(17)20-18(21)15-9-12(2)5-6-13(15)3/h5-10H,4H2,1-3H3. The molecule has 0 aliphatic heterocycles. The molecule has 0 radical (unpaired) electrons. The van der Waals surface area contributed by atoms with E-state index in [0.717, 1.165) is 29.0 Å². The van der Waals surface area contributed by atoms with E-state index in [1.807, 2.05) is 18.2 Å². The molecule has 3 aromatic rings. The maximum absolute atomic E-state index is 9.04. The molecule has 3 nitrogen and oxygen atoms in total. The Morgan fingerprint density at radius 3 is 2.67 bits per heavy atom. The number of benzene rings is 2. The first-order valence-corrected chi connectivity index (χ1v) is 7.12. The maximum atomic E-state index is 9.04. The molecule has 21 heavy (non-hydrogen) atoms. The van der Waals surface area contributed by atoms with Gasteiger partial charge in [0.05, 0.1) is 22.7 Å². The number of rotatable bonds is 2. The van der Waals surface area contributed by atoms with Crippen molar-refractivity contribution in [3.8, 4) is 17.5 Å². The quantitative estimate of drug-likeness (QED) is 0.703. The van der Waals surface area contributed by atoms with Crippen LogP contribution < -0.4 is 0 Å². The van der Waals surface area contributed by atoms with Crippen LogP contribution in [0.15, 0.2) is 36.4 Å². The van der Waals surface area contributed by atoms with Crippen molar-refractivity contribution >= 4 is 11.0 Å². The summed E-state index contributed by atoms with van der Waals surface area (Å²) in [6.45, 7) is 7.17. The molecule has 0 unspecified atom stereocenters. The van der Waals surface area contributed by atoms with Crippen molar-refractivity contribution in [3.63, 3.8) is 0 Å². The normalized spacial score (nSPS) is 10.8. The van der Waals surface area contributed by atoms with Gasteiger partial charge in [0.15, 0.2) is 0 Å². The highest BCUT2D eigenvalue weighted by molar-refractivity contribution is 5.82. The fourth-order valence-corrected chi connectivity index (χ4v) is 2.70. The number of aromatic nitrogens is 2. The summed E-state index contributed by atoms with van der Waals surface area (Å²) in [6, 6.07) is 14.3. The fourth-order valence-electron chi connectivity index (χ4n) is 2.70. The van der Waals surface area contributed by atoms with Crippen LogP contribution in [0.5, 0.6) is 0 Å². The number of hydrogen-bond donors (Lipinski definition) is 0. The zero-order valence-corrected chi connectivity index (χ0v) is 12.5. The molecule has 1 aromatic heterocycles. The number of nitriles is 1. The van der Waals surface area contributed by atoms with E-state index in [0.29, 0.717) is 5.56 Å². The molecular formula is C18H17N3. The first-order chi connectivity index (χ1) is 10.1. The molecular weight excluding hydrogens is 258 g/mol. The predicted octanol–water partition coefficient (Wildman–Crippen LogP) is 4.21. The third-order valence-corrected chi connectivity index (χ3v) is 3.83. The van der Waals surface area contributed by atoms with E-state index in [-0.39, 0.29) is 0 Å². The molecule has 3 heteroatoms. The van der Waals surface area contributed by atoms with Gasteiger partial charge in [0.25, 0.3) is 0 Å². The van der Waals surface area contributed by atoms with Gasteiger partial charge in [0, 0.05) is 12.1 Å². The number of imidazole rings is 1. The summed E-state index contributed by atoms with van der Waals surface area (Å²) in [4.78, 5) is 4.78. The van der Waals surface area contributed by atoms with E-state index in [4.69, 9.17) is 10.2 Å². The first-order valence-electron chi connectivity index (χ1n) is 7.12. The Morgan fingerprint density at radius 2 is 1.95 bits per heavy atom. The molecule has 0 spiro atoms. The van der Waals surface area contributed by atoms with Crippen molar-refractivity contribution in [2.75, 3.05) is 0 Å². The highest BCUT2D eigenvalue weighted by atomic mass is 15.1. The molecule has 3 rings (SSSR count). The predicted molar refractivity (Wildman–Crippen MR) is 85.0 cm³/mol. The summed E-state index contributed by atoms with van der Waals surface area (Å²) >= 11 is 0. The van der Waals surface area contributed by atoms with Crippen LogP contribution >= 0.6 is 0 Å². The minimum Gasteiger partial charge on any atom is -0.324 e. The maximum Gasteiger partial charge on any atom is 0.141 e. The topological polar surface area (TPSA) is 41.6 Å². The van der Waals surface area contributed by atoms with Crippen molar-refractivity contribution in [3.05, 3.63) is 53.1 Å². The number of nitrogens with zero attached hydrogens (tertiary/aromatic N) is 3. The van der Waals surface area contributed by atoms with Crippen molar-refractivity contribution in [1.82, 2.24) is 9.55 Å². The Kier molecular flexibility index (Phi) is 3.23. The van der Waals surface area contributed by atoms with Gasteiger partial charge in [-0.15, -0.1) is 0 Å². The van der Waals surface area contributed by atoms with Crippen LogP contribution in [0.2, 0.25) is 0 Å². The summed E-state index contributed by atoms with van der Waals surface area (Å²) in [6.07, 6.45) is 0. The average molecular weight is 275 g/mol. The Hall–Kier alpha value is -2.60. The van der Waals surface area contributed by atoms with E-state index in [1.165, 1.54) is 11.1 Å². The Bertz CT molecular complexity index is 866. The third kappa shape index (κ3) is 2.19. The molecule has 0 bridgehead atoms. The lowest BCUT2D eigenvalue weighted by Gasteiger charge is -2.09. The second-order valence-corrected chi connectivity index (χ2v) is 5.31. The van der Waals surface area contributed by atoms with Crippen LogP contribution in [0.3, 0.4) is 0 Å². The van der Waals surface area contributed by atoms with Gasteiger partial charge in [-0.1, -0.05) is 17.7 Å². The molecule has 0 saturated carbocycles. The van der Waals surface area contributed by atoms with Gasteiger partial charge in [0.2, 0.25) is 0 Å². The largest absolute Gasteiger partial charge is 0.324 e. The van der Waals surface area contributed by atoms with Gasteiger partial charge < -0.3 is 4.57 Å². The van der Waals surface area contributed by atoms with Crippen LogP contribution in [0.1, 0.15) is 23.6 Å². The smallest absolute Gasteiger partial charge is 0.141 e. The Labute approximate surface area is 124 Å². The Balaban J connectivity index is 2.32. The molecule has 1 heterocycles. The van der Waals surface area contributed by atoms with Gasteiger partial charge >= 0.3 is 0 Å². The van der Waals surface area contributed by atoms with Crippen LogP contribution in [0.4, 0.5) is 0 Å². The summed E-state index contributed by atoms with van der Waals surface area (Å²) in [5, 5.41) is 9.04. The van der Waals surface area contributed by atoms with Crippen molar-refractivity contribution in [2.45, 2.75) is 27.3 Å². The van der Waals surface area contributed by atoms with Gasteiger partial charge in [-0.2, -0.15) is 5.26 Å². The molecule has 0 aliphatic carbocycles. The van der Waals surface area contributed by atoms with Crippen LogP contribution in [-0.4, -0.2) is 9.55 Å². The molecule has 0 amide bonds. The fraction of sp³-hybridized carbons (Fsp3) is 0.222. The van der Waals surface area contributed by atoms with Crippen molar-refractivity contribution in [2.24, 2.45) is 0 Å². The molecule has 0 fully saturated rings. The lowest BCUT2D eigenvalue weighted by Crippen LogP contribution is -1.99. The van der Waals surface area contributed by atoms with E-state index < -0.39 is 0 Å². The zero-order valence-electron chi connectivity index (χ0n) is 12.5. The summed E-state index contributed by atoms with van der Waals surface area (Å²) in [5.74, 6) is 0.976. The third-order valence-electron chi connectivity index (χ3n) is 3.83. The van der Waals surface area contributed by atoms with E-state index in [9.17, 15) is 0 Å². The van der Waals surface area contributed by atoms with Gasteiger partial charge in [-0.25, -0.2) is 4.98 Å². The number of fused-ring (bicyclic) bond motifs is 1. The summed E-state index contributed by atoms with van der Waals surface area (Å²) in [5.41, 5.74) is 6.20. The van der Waals surface area contributed by atoms with E-state index in [1.54, 1.807) is 0 Å². The molecule has 0 atom stereocenters. The van der Waals surface area contributed by atoms with Crippen LogP contribution in [0, 0.1) is 25.2 Å². The second-order valence-electron chi connectivity index (χ2n) is 5.31. The Morgan fingerprint density at radius 1 is 1.14 bits per heavy atom. The SMILES string of the molecule is CCn1c(-c2cc(C)ccc2C)nc2cc(C#N)ccc21. The van der Waals surface area contributed by atoms with Gasteiger partial charge in [-0.05, 0) is 50.6 Å². The highest BCUT2D eigenvalue weighted by Gasteiger charge is 2.13. The molecule has 2 aromatic carbocycles. The second kappa shape index (κ2) is 5.06. The van der Waals surface area contributed by atoms with E-state index in [2.05, 4.69) is 49.6 Å². The van der Waals surface area contributed by atoms with Crippen LogP contribution in [0.25, 0.3) is 22.4 Å². The lowest BCUT2D eigenvalue weighted by molar-refractivity contribution is 0.795. The lowest BCUT2D eigenvalue weighted by atomic mass is 10.1. The van der Waals surface area contributed by atoms with Gasteiger partial charge in [-0.3, -0.25) is 0 Å². The molecule has 0 aliphatic rings. The summed E-state index contributed by atoms with van der Waals surface area (Å²) < 4.78 is 2.21. The van der Waals surface area contributed by atoms with Crippen LogP contribution in [-0.2, 0) is 6.54 Å². The van der Waals surface area contributed by atoms with Crippen molar-refractivity contribution in [1.29, 1.82) is 5.26 Å². The van der Waals surface area contributed by atoms with Gasteiger partial charge in [0.1, 0.15) is 5.82 Å². The number of hydrogen-bond acceptors (Lipinski definition) is 2. The molecule has 0 saturated heterocycles. The minimum absolute atomic E-state index is 0.649. The highest BCUT2D eigenvalue weighted by Crippen LogP contribution is 2.28. The monoisotopic (exact) mass is 275 g/mol. The first kappa shape index (κ1) is 13.4. The molecule has 0 N–H and O–H groups in total. The van der Waals surface area contributed by atoms with E-state index >= 15 is 0 Å². The zero-order chi connectivity index (χ0) is 15.0. The minimum atomic E-state index is 0.649. The van der Waals surface area contributed by atoms with Crippen molar-refractivity contribution < 1.29 is 0 Å². The average Bonchev–Trinajstić information content (AvgIpc) is 2.86.